The van der Waals surface area contributed by atoms with Crippen molar-refractivity contribution in [2.45, 2.75) is 50.9 Å². The van der Waals surface area contributed by atoms with Gasteiger partial charge in [-0.1, -0.05) is 167 Å². The zero-order chi connectivity index (χ0) is 39.4. The Balaban J connectivity index is 0.931. The lowest BCUT2D eigenvalue weighted by atomic mass is 9.78. The molecule has 7 aromatic rings. The minimum absolute atomic E-state index is 0.0821. The molecule has 0 N–H and O–H groups in total. The number of anilines is 5. The number of fused-ring (bicyclic) bond motifs is 6. The van der Waals surface area contributed by atoms with Gasteiger partial charge in [0, 0.05) is 50.9 Å². The topological polar surface area (TPSA) is 6.48 Å². The monoisotopic (exact) mass is 748 g/mol. The third-order valence-corrected chi connectivity index (χ3v) is 12.8. The molecule has 3 aliphatic carbocycles. The molecular weight excluding hydrogens is 701 g/mol. The van der Waals surface area contributed by atoms with Crippen molar-refractivity contribution in [2.24, 2.45) is 0 Å². The van der Waals surface area contributed by atoms with Gasteiger partial charge in [-0.3, -0.25) is 0 Å². The summed E-state index contributed by atoms with van der Waals surface area (Å²) in [5.74, 6) is 0.397. The van der Waals surface area contributed by atoms with E-state index in [2.05, 4.69) is 238 Å². The molecule has 0 aliphatic heterocycles. The molecule has 0 radical (unpaired) electrons. The molecule has 282 valence electrons. The van der Waals surface area contributed by atoms with Gasteiger partial charge in [-0.05, 0) is 118 Å². The van der Waals surface area contributed by atoms with E-state index in [1.54, 1.807) is 0 Å². The summed E-state index contributed by atoms with van der Waals surface area (Å²) in [6.07, 6.45) is 10.5. The molecule has 1 unspecified atom stereocenters. The van der Waals surface area contributed by atoms with Crippen molar-refractivity contribution < 1.29 is 0 Å². The highest BCUT2D eigenvalue weighted by atomic mass is 15.1. The van der Waals surface area contributed by atoms with Gasteiger partial charge >= 0.3 is 0 Å². The van der Waals surface area contributed by atoms with Crippen LogP contribution in [-0.4, -0.2) is 0 Å². The summed E-state index contributed by atoms with van der Waals surface area (Å²) in [6, 6.07) is 64.0. The van der Waals surface area contributed by atoms with E-state index in [1.807, 2.05) is 0 Å². The molecule has 0 saturated heterocycles. The lowest BCUT2D eigenvalue weighted by molar-refractivity contribution is 0.609. The standard InChI is InChI=1S/C56H48N2/c1-55(2)51-35-39(27-31-47(51)49-33-29-45(37-53(49)55)57(41-17-9-5-10-18-41)42-19-11-6-12-20-42)25-26-40-28-32-48-50-34-30-46(38-54(50)56(3,4)52(48)36-40)58(43-21-13-7-14-22-43)44-23-15-8-16-24-44/h5-33,35-38,50H,34H2,1-4H3/b26-25+. The van der Waals surface area contributed by atoms with E-state index in [-0.39, 0.29) is 10.8 Å². The molecule has 0 saturated carbocycles. The van der Waals surface area contributed by atoms with Gasteiger partial charge in [0.1, 0.15) is 0 Å². The second-order valence-electron chi connectivity index (χ2n) is 17.0. The molecule has 2 heteroatoms. The van der Waals surface area contributed by atoms with Crippen molar-refractivity contribution in [3.05, 3.63) is 233 Å². The van der Waals surface area contributed by atoms with E-state index in [0.29, 0.717) is 5.92 Å². The van der Waals surface area contributed by atoms with Gasteiger partial charge in [0.15, 0.2) is 0 Å². The highest BCUT2D eigenvalue weighted by molar-refractivity contribution is 5.87. The molecule has 0 aromatic heterocycles. The van der Waals surface area contributed by atoms with E-state index in [4.69, 9.17) is 0 Å². The van der Waals surface area contributed by atoms with Gasteiger partial charge in [0.2, 0.25) is 0 Å². The summed E-state index contributed by atoms with van der Waals surface area (Å²) in [4.78, 5) is 4.76. The lowest BCUT2D eigenvalue weighted by Gasteiger charge is -2.32. The van der Waals surface area contributed by atoms with E-state index < -0.39 is 0 Å². The Morgan fingerprint density at radius 1 is 0.448 bits per heavy atom. The van der Waals surface area contributed by atoms with Crippen molar-refractivity contribution in [2.75, 3.05) is 9.80 Å². The largest absolute Gasteiger partial charge is 0.311 e. The van der Waals surface area contributed by atoms with E-state index in [9.17, 15) is 0 Å². The second-order valence-corrected chi connectivity index (χ2v) is 17.0. The molecule has 0 heterocycles. The predicted octanol–water partition coefficient (Wildman–Crippen LogP) is 15.1. The smallest absolute Gasteiger partial charge is 0.0465 e. The molecule has 7 aromatic carbocycles. The minimum atomic E-state index is -0.144. The van der Waals surface area contributed by atoms with Crippen LogP contribution in [0.4, 0.5) is 28.4 Å². The van der Waals surface area contributed by atoms with Gasteiger partial charge in [-0.2, -0.15) is 0 Å². The van der Waals surface area contributed by atoms with Crippen molar-refractivity contribution in [1.29, 1.82) is 0 Å². The summed E-state index contributed by atoms with van der Waals surface area (Å²) < 4.78 is 0. The van der Waals surface area contributed by atoms with Crippen LogP contribution in [0, 0.1) is 0 Å². The maximum atomic E-state index is 2.47. The fourth-order valence-corrected chi connectivity index (χ4v) is 9.81. The van der Waals surface area contributed by atoms with Crippen molar-refractivity contribution in [3.8, 4) is 11.1 Å². The Morgan fingerprint density at radius 3 is 1.47 bits per heavy atom. The van der Waals surface area contributed by atoms with E-state index >= 15 is 0 Å². The first-order valence-corrected chi connectivity index (χ1v) is 20.6. The molecule has 0 amide bonds. The molecule has 58 heavy (non-hydrogen) atoms. The van der Waals surface area contributed by atoms with Crippen LogP contribution < -0.4 is 9.80 Å². The molecule has 0 bridgehead atoms. The van der Waals surface area contributed by atoms with Crippen molar-refractivity contribution >= 4 is 40.6 Å². The van der Waals surface area contributed by atoms with Crippen LogP contribution in [0.5, 0.6) is 0 Å². The summed E-state index contributed by atoms with van der Waals surface area (Å²) in [6.45, 7) is 9.57. The third-order valence-electron chi connectivity index (χ3n) is 12.8. The summed E-state index contributed by atoms with van der Waals surface area (Å²) in [5.41, 5.74) is 19.1. The van der Waals surface area contributed by atoms with Crippen LogP contribution >= 0.6 is 0 Å². The van der Waals surface area contributed by atoms with E-state index in [0.717, 1.165) is 17.8 Å². The fraction of sp³-hybridized carbons (Fsp3) is 0.143. The number of para-hydroxylation sites is 4. The van der Waals surface area contributed by atoms with Crippen LogP contribution in [0.1, 0.15) is 73.4 Å². The molecule has 0 fully saturated rings. The quantitative estimate of drug-likeness (QED) is 0.143. The van der Waals surface area contributed by atoms with Crippen LogP contribution in [0.15, 0.2) is 199 Å². The fourth-order valence-electron chi connectivity index (χ4n) is 9.81. The van der Waals surface area contributed by atoms with Gasteiger partial charge in [0.25, 0.3) is 0 Å². The zero-order valence-electron chi connectivity index (χ0n) is 33.7. The highest BCUT2D eigenvalue weighted by Crippen LogP contribution is 2.55. The Hall–Kier alpha value is -6.64. The Labute approximate surface area is 343 Å². The molecule has 3 aliphatic rings. The summed E-state index contributed by atoms with van der Waals surface area (Å²) in [5, 5.41) is 0. The number of rotatable bonds is 8. The number of nitrogens with zero attached hydrogens (tertiary/aromatic N) is 2. The number of allylic oxidation sites excluding steroid dienone is 3. The van der Waals surface area contributed by atoms with Crippen molar-refractivity contribution in [1.82, 2.24) is 0 Å². The normalized spacial score (nSPS) is 16.8. The van der Waals surface area contributed by atoms with Crippen LogP contribution in [0.2, 0.25) is 0 Å². The number of benzene rings is 7. The first-order valence-electron chi connectivity index (χ1n) is 20.6. The molecule has 0 spiro atoms. The molecule has 2 nitrogen and oxygen atoms in total. The maximum absolute atomic E-state index is 2.47. The van der Waals surface area contributed by atoms with Gasteiger partial charge in [-0.15, -0.1) is 0 Å². The Morgan fingerprint density at radius 2 is 0.914 bits per heavy atom. The molecule has 1 atom stereocenters. The maximum Gasteiger partial charge on any atom is 0.0465 e. The van der Waals surface area contributed by atoms with E-state index in [1.165, 1.54) is 72.8 Å². The highest BCUT2D eigenvalue weighted by Gasteiger charge is 2.43. The summed E-state index contributed by atoms with van der Waals surface area (Å²) in [7, 11) is 0. The third kappa shape index (κ3) is 6.03. The first kappa shape index (κ1) is 35.8. The average Bonchev–Trinajstić information content (AvgIpc) is 3.63. The SMILES string of the molecule is CC1(C)C2=CC(N(c3ccccc3)c3ccccc3)=CCC2c2ccc(/C=C/c3ccc4c(c3)C(C)(C)c3cc(N(c5ccccc5)c5ccccc5)ccc3-4)cc21. The van der Waals surface area contributed by atoms with Gasteiger partial charge in [0.05, 0.1) is 0 Å². The molecule has 10 rings (SSSR count). The molecular formula is C56H48N2. The minimum Gasteiger partial charge on any atom is -0.311 e. The predicted molar refractivity (Wildman–Crippen MR) is 246 cm³/mol. The second kappa shape index (κ2) is 14.1. The lowest BCUT2D eigenvalue weighted by Crippen LogP contribution is -2.22. The Kier molecular flexibility index (Phi) is 8.68. The van der Waals surface area contributed by atoms with Crippen molar-refractivity contribution in [3.63, 3.8) is 0 Å². The van der Waals surface area contributed by atoms with Crippen LogP contribution in [0.25, 0.3) is 23.3 Å². The number of hydrogen-bond acceptors (Lipinski definition) is 2. The Bertz CT molecular complexity index is 2660. The van der Waals surface area contributed by atoms with Gasteiger partial charge < -0.3 is 9.80 Å². The van der Waals surface area contributed by atoms with Crippen LogP contribution in [0.3, 0.4) is 0 Å². The first-order chi connectivity index (χ1) is 28.3. The number of hydrogen-bond donors (Lipinski definition) is 0. The zero-order valence-corrected chi connectivity index (χ0v) is 33.7. The van der Waals surface area contributed by atoms with Gasteiger partial charge in [-0.25, -0.2) is 0 Å². The average molecular weight is 749 g/mol. The summed E-state index contributed by atoms with van der Waals surface area (Å²) >= 11 is 0. The van der Waals surface area contributed by atoms with Crippen LogP contribution in [-0.2, 0) is 10.8 Å².